The Balaban J connectivity index is 2.11. The molecular weight excluding hydrogens is 276 g/mol. The monoisotopic (exact) mass is 282 g/mol. The first-order chi connectivity index (χ1) is 7.25. The van der Waals surface area contributed by atoms with Gasteiger partial charge in [-0.05, 0) is 40.2 Å². The summed E-state index contributed by atoms with van der Waals surface area (Å²) >= 11 is 4.76. The number of aromatic nitrogens is 2. The zero-order valence-electron chi connectivity index (χ0n) is 7.68. The highest BCUT2D eigenvalue weighted by Gasteiger charge is 2.10. The molecule has 0 saturated heterocycles. The molecule has 0 aliphatic heterocycles. The summed E-state index contributed by atoms with van der Waals surface area (Å²) in [5.41, 5.74) is 0.701. The van der Waals surface area contributed by atoms with E-state index in [0.29, 0.717) is 12.1 Å². The molecule has 0 N–H and O–H groups in total. The van der Waals surface area contributed by atoms with Gasteiger partial charge in [0.05, 0.1) is 20.8 Å². The van der Waals surface area contributed by atoms with E-state index in [9.17, 15) is 4.79 Å². The highest BCUT2D eigenvalue weighted by atomic mass is 79.9. The number of ketones is 1. The lowest BCUT2D eigenvalue weighted by atomic mass is 10.2. The van der Waals surface area contributed by atoms with E-state index in [2.05, 4.69) is 26.1 Å². The van der Waals surface area contributed by atoms with Crippen molar-refractivity contribution in [2.24, 2.45) is 0 Å². The summed E-state index contributed by atoms with van der Waals surface area (Å²) in [5.74, 6) is 0.0752. The Hall–Kier alpha value is -1.07. The molecule has 0 bridgehead atoms. The van der Waals surface area contributed by atoms with Crippen LogP contribution in [0, 0.1) is 0 Å². The van der Waals surface area contributed by atoms with Crippen LogP contribution >= 0.6 is 27.3 Å². The minimum atomic E-state index is 0.0752. The van der Waals surface area contributed by atoms with Crippen molar-refractivity contribution in [3.8, 4) is 0 Å². The zero-order chi connectivity index (χ0) is 10.7. The van der Waals surface area contributed by atoms with E-state index in [1.807, 2.05) is 12.1 Å². The van der Waals surface area contributed by atoms with E-state index in [1.165, 1.54) is 11.3 Å². The van der Waals surface area contributed by atoms with E-state index < -0.39 is 0 Å². The minimum Gasteiger partial charge on any atom is -0.293 e. The van der Waals surface area contributed by atoms with E-state index in [1.54, 1.807) is 18.3 Å². The van der Waals surface area contributed by atoms with Gasteiger partial charge in [-0.15, -0.1) is 11.3 Å². The van der Waals surface area contributed by atoms with Crippen LogP contribution in [0.25, 0.3) is 0 Å². The second-order valence-corrected chi connectivity index (χ2v) is 5.38. The summed E-state index contributed by atoms with van der Waals surface area (Å²) in [6.07, 6.45) is 1.90. The molecule has 0 aromatic carbocycles. The van der Waals surface area contributed by atoms with E-state index in [0.717, 1.165) is 8.66 Å². The fraction of sp³-hybridized carbons (Fsp3) is 0.100. The normalized spacial score (nSPS) is 10.2. The van der Waals surface area contributed by atoms with Crippen molar-refractivity contribution in [1.82, 2.24) is 10.2 Å². The minimum absolute atomic E-state index is 0.0752. The van der Waals surface area contributed by atoms with Crippen molar-refractivity contribution in [2.45, 2.75) is 6.42 Å². The van der Waals surface area contributed by atoms with Gasteiger partial charge in [0.1, 0.15) is 0 Å². The van der Waals surface area contributed by atoms with Crippen LogP contribution in [-0.2, 0) is 6.42 Å². The van der Waals surface area contributed by atoms with Crippen LogP contribution in [0.4, 0.5) is 0 Å². The van der Waals surface area contributed by atoms with Crippen LogP contribution in [-0.4, -0.2) is 16.0 Å². The molecule has 2 aromatic rings. The molecule has 2 rings (SSSR count). The van der Waals surface area contributed by atoms with Gasteiger partial charge in [-0.2, -0.15) is 10.2 Å². The Bertz CT molecular complexity index is 469. The van der Waals surface area contributed by atoms with Gasteiger partial charge in [0.2, 0.25) is 0 Å². The number of hydrogen-bond acceptors (Lipinski definition) is 4. The number of halogens is 1. The summed E-state index contributed by atoms with van der Waals surface area (Å²) < 4.78 is 0.963. The SMILES string of the molecule is O=C(Cc1cccnn1)c1ccc(Br)s1. The summed E-state index contributed by atoms with van der Waals surface area (Å²) in [4.78, 5) is 12.5. The van der Waals surface area contributed by atoms with Crippen molar-refractivity contribution >= 4 is 33.0 Å². The van der Waals surface area contributed by atoms with Crippen LogP contribution < -0.4 is 0 Å². The largest absolute Gasteiger partial charge is 0.293 e. The van der Waals surface area contributed by atoms with Gasteiger partial charge in [0.25, 0.3) is 0 Å². The number of hydrogen-bond donors (Lipinski definition) is 0. The molecule has 0 radical (unpaired) electrons. The number of rotatable bonds is 3. The second kappa shape index (κ2) is 4.63. The topological polar surface area (TPSA) is 42.9 Å². The van der Waals surface area contributed by atoms with Gasteiger partial charge in [-0.1, -0.05) is 0 Å². The quantitative estimate of drug-likeness (QED) is 0.813. The van der Waals surface area contributed by atoms with Crippen molar-refractivity contribution < 1.29 is 4.79 Å². The third-order valence-electron chi connectivity index (χ3n) is 1.82. The maximum atomic E-state index is 11.7. The first kappa shape index (κ1) is 10.4. The lowest BCUT2D eigenvalue weighted by molar-refractivity contribution is 0.0995. The van der Waals surface area contributed by atoms with Gasteiger partial charge < -0.3 is 0 Å². The molecule has 0 aliphatic rings. The first-order valence-electron chi connectivity index (χ1n) is 4.31. The molecule has 3 nitrogen and oxygen atoms in total. The van der Waals surface area contributed by atoms with Crippen molar-refractivity contribution in [1.29, 1.82) is 0 Å². The fourth-order valence-electron chi connectivity index (χ4n) is 1.14. The molecule has 0 atom stereocenters. The van der Waals surface area contributed by atoms with Crippen LogP contribution in [0.2, 0.25) is 0 Å². The predicted octanol–water partition coefficient (Wildman–Crippen LogP) is 2.73. The van der Waals surface area contributed by atoms with Gasteiger partial charge in [-0.25, -0.2) is 0 Å². The molecule has 0 fully saturated rings. The molecule has 15 heavy (non-hydrogen) atoms. The van der Waals surface area contributed by atoms with Crippen LogP contribution in [0.3, 0.4) is 0 Å². The van der Waals surface area contributed by atoms with Crippen LogP contribution in [0.15, 0.2) is 34.2 Å². The highest BCUT2D eigenvalue weighted by molar-refractivity contribution is 9.11. The number of thiophene rings is 1. The summed E-state index contributed by atoms with van der Waals surface area (Å²) in [5, 5.41) is 7.60. The Kier molecular flexibility index (Phi) is 3.23. The Morgan fingerprint density at radius 1 is 1.40 bits per heavy atom. The van der Waals surface area contributed by atoms with Gasteiger partial charge in [0, 0.05) is 6.20 Å². The average Bonchev–Trinajstić information content (AvgIpc) is 2.66. The molecule has 2 aromatic heterocycles. The first-order valence-corrected chi connectivity index (χ1v) is 5.92. The molecule has 0 unspecified atom stereocenters. The number of carbonyl (C=O) groups excluding carboxylic acids is 1. The van der Waals surface area contributed by atoms with Crippen molar-refractivity contribution in [2.75, 3.05) is 0 Å². The Morgan fingerprint density at radius 2 is 2.27 bits per heavy atom. The predicted molar refractivity (Wildman–Crippen MR) is 62.1 cm³/mol. The summed E-state index contributed by atoms with van der Waals surface area (Å²) in [7, 11) is 0. The van der Waals surface area contributed by atoms with E-state index >= 15 is 0 Å². The molecule has 2 heterocycles. The smallest absolute Gasteiger partial charge is 0.178 e. The number of carbonyl (C=O) groups is 1. The third kappa shape index (κ3) is 2.70. The van der Waals surface area contributed by atoms with Crippen molar-refractivity contribution in [3.05, 3.63) is 44.8 Å². The highest BCUT2D eigenvalue weighted by Crippen LogP contribution is 2.23. The van der Waals surface area contributed by atoms with Crippen LogP contribution in [0.5, 0.6) is 0 Å². The van der Waals surface area contributed by atoms with Gasteiger partial charge in [-0.3, -0.25) is 4.79 Å². The maximum Gasteiger partial charge on any atom is 0.178 e. The second-order valence-electron chi connectivity index (χ2n) is 2.92. The van der Waals surface area contributed by atoms with Gasteiger partial charge >= 0.3 is 0 Å². The lowest BCUT2D eigenvalue weighted by Gasteiger charge is -1.95. The van der Waals surface area contributed by atoms with Crippen molar-refractivity contribution in [3.63, 3.8) is 0 Å². The van der Waals surface area contributed by atoms with E-state index in [-0.39, 0.29) is 5.78 Å². The molecule has 5 heteroatoms. The number of nitrogens with zero attached hydrogens (tertiary/aromatic N) is 2. The maximum absolute atomic E-state index is 11.7. The number of Topliss-reactive ketones (excluding diaryl/α,β-unsaturated/α-hetero) is 1. The molecule has 0 spiro atoms. The zero-order valence-corrected chi connectivity index (χ0v) is 10.1. The molecular formula is C10H7BrN2OS. The van der Waals surface area contributed by atoms with E-state index in [4.69, 9.17) is 0 Å². The third-order valence-corrected chi connectivity index (χ3v) is 3.48. The van der Waals surface area contributed by atoms with Crippen LogP contribution in [0.1, 0.15) is 15.4 Å². The molecule has 0 aliphatic carbocycles. The molecule has 0 saturated carbocycles. The Labute approximate surface area is 99.3 Å². The molecule has 76 valence electrons. The fourth-order valence-corrected chi connectivity index (χ4v) is 2.47. The average molecular weight is 283 g/mol. The van der Waals surface area contributed by atoms with Gasteiger partial charge in [0.15, 0.2) is 5.78 Å². The Morgan fingerprint density at radius 3 is 2.87 bits per heavy atom. The summed E-state index contributed by atoms with van der Waals surface area (Å²) in [6, 6.07) is 7.26. The standard InChI is InChI=1S/C10H7BrN2OS/c11-10-4-3-9(15-10)8(14)6-7-2-1-5-12-13-7/h1-5H,6H2. The lowest BCUT2D eigenvalue weighted by Crippen LogP contribution is -2.03. The summed E-state index contributed by atoms with van der Waals surface area (Å²) in [6.45, 7) is 0. The molecule has 0 amide bonds.